The Labute approximate surface area is 146 Å². The van der Waals surface area contributed by atoms with Gasteiger partial charge in [0.2, 0.25) is 0 Å². The topological polar surface area (TPSA) is 64.3 Å². The van der Waals surface area contributed by atoms with E-state index in [9.17, 15) is 4.79 Å². The van der Waals surface area contributed by atoms with E-state index in [1.165, 1.54) is 13.5 Å². The minimum absolute atomic E-state index is 0. The van der Waals surface area contributed by atoms with Crippen LogP contribution in [0.15, 0.2) is 12.1 Å². The Hall–Kier alpha value is -0.780. The van der Waals surface area contributed by atoms with Crippen molar-refractivity contribution in [2.45, 2.75) is 37.0 Å². The number of methoxy groups -OCH3 is 1. The third-order valence-corrected chi connectivity index (χ3v) is 5.28. The molecule has 2 atom stereocenters. The monoisotopic (exact) mass is 364 g/mol. The molecule has 124 valence electrons. The Morgan fingerprint density at radius 3 is 2.82 bits per heavy atom. The van der Waals surface area contributed by atoms with Gasteiger partial charge in [0.1, 0.15) is 5.75 Å². The molecule has 1 saturated carbocycles. The van der Waals surface area contributed by atoms with Crippen molar-refractivity contribution in [3.05, 3.63) is 22.7 Å². The summed E-state index contributed by atoms with van der Waals surface area (Å²) in [6.45, 7) is 0. The predicted molar refractivity (Wildman–Crippen MR) is 96.7 cm³/mol. The van der Waals surface area contributed by atoms with Crippen LogP contribution in [0.3, 0.4) is 0 Å². The fourth-order valence-corrected chi connectivity index (χ4v) is 3.66. The lowest BCUT2D eigenvalue weighted by Gasteiger charge is -2.28. The van der Waals surface area contributed by atoms with Gasteiger partial charge in [0.25, 0.3) is 5.91 Å². The summed E-state index contributed by atoms with van der Waals surface area (Å²) >= 11 is 7.88. The molecule has 0 aliphatic heterocycles. The quantitative estimate of drug-likeness (QED) is 0.798. The largest absolute Gasteiger partial charge is 0.496 e. The number of anilines is 1. The summed E-state index contributed by atoms with van der Waals surface area (Å²) in [5, 5.41) is 4.08. The molecule has 0 saturated heterocycles. The summed E-state index contributed by atoms with van der Waals surface area (Å²) in [6, 6.07) is 3.37. The number of hydrogen-bond donors (Lipinski definition) is 2. The third-order valence-electron chi connectivity index (χ3n) is 3.86. The van der Waals surface area contributed by atoms with Crippen molar-refractivity contribution in [2.75, 3.05) is 19.1 Å². The van der Waals surface area contributed by atoms with Crippen LogP contribution in [0.4, 0.5) is 5.69 Å². The first kappa shape index (κ1) is 19.3. The maximum Gasteiger partial charge on any atom is 0.255 e. The number of thioether (sulfide) groups is 1. The molecule has 2 rings (SSSR count). The average molecular weight is 365 g/mol. The van der Waals surface area contributed by atoms with Crippen LogP contribution >= 0.6 is 35.8 Å². The smallest absolute Gasteiger partial charge is 0.255 e. The highest BCUT2D eigenvalue weighted by molar-refractivity contribution is 7.99. The number of nitrogen functional groups attached to an aromatic ring is 1. The first-order valence-corrected chi connectivity index (χ1v) is 8.68. The fraction of sp³-hybridized carbons (Fsp3) is 0.533. The lowest BCUT2D eigenvalue weighted by atomic mass is 9.94. The van der Waals surface area contributed by atoms with Crippen LogP contribution in [0.5, 0.6) is 5.75 Å². The minimum atomic E-state index is -0.152. The second kappa shape index (κ2) is 8.75. The first-order chi connectivity index (χ1) is 10.0. The van der Waals surface area contributed by atoms with E-state index in [0.717, 1.165) is 19.3 Å². The lowest BCUT2D eigenvalue weighted by Crippen LogP contribution is -2.39. The van der Waals surface area contributed by atoms with E-state index in [2.05, 4.69) is 11.6 Å². The van der Waals surface area contributed by atoms with E-state index < -0.39 is 0 Å². The molecule has 1 aromatic rings. The van der Waals surface area contributed by atoms with Crippen LogP contribution < -0.4 is 15.8 Å². The molecule has 3 N–H and O–H groups in total. The number of amides is 1. The van der Waals surface area contributed by atoms with Crippen molar-refractivity contribution < 1.29 is 9.53 Å². The highest BCUT2D eigenvalue weighted by atomic mass is 35.5. The van der Waals surface area contributed by atoms with Gasteiger partial charge in [0, 0.05) is 17.4 Å². The molecular weight excluding hydrogens is 343 g/mol. The van der Waals surface area contributed by atoms with Gasteiger partial charge in [0.15, 0.2) is 0 Å². The molecule has 0 heterocycles. The number of nitrogens with one attached hydrogen (secondary N) is 1. The zero-order chi connectivity index (χ0) is 15.4. The summed E-state index contributed by atoms with van der Waals surface area (Å²) in [5.41, 5.74) is 6.58. The first-order valence-electron chi connectivity index (χ1n) is 7.01. The van der Waals surface area contributed by atoms with E-state index in [0.29, 0.717) is 27.3 Å². The zero-order valence-electron chi connectivity index (χ0n) is 12.7. The molecule has 1 aromatic carbocycles. The average Bonchev–Trinajstić information content (AvgIpc) is 2.49. The molecule has 0 bridgehead atoms. The normalized spacial score (nSPS) is 20.9. The van der Waals surface area contributed by atoms with Gasteiger partial charge in [0.05, 0.1) is 23.4 Å². The Bertz CT molecular complexity index is 529. The third kappa shape index (κ3) is 4.61. The second-order valence-corrected chi connectivity index (χ2v) is 6.81. The molecule has 1 aliphatic rings. The fourth-order valence-electron chi connectivity index (χ4n) is 2.67. The van der Waals surface area contributed by atoms with Crippen molar-refractivity contribution in [1.29, 1.82) is 0 Å². The molecule has 2 unspecified atom stereocenters. The molecule has 1 fully saturated rings. The molecular formula is C15H22Cl2N2O2S. The molecule has 22 heavy (non-hydrogen) atoms. The van der Waals surface area contributed by atoms with E-state index in [1.807, 2.05) is 11.8 Å². The van der Waals surface area contributed by atoms with Crippen molar-refractivity contribution >= 4 is 47.4 Å². The van der Waals surface area contributed by atoms with Gasteiger partial charge >= 0.3 is 0 Å². The predicted octanol–water partition coefficient (Wildman–Crippen LogP) is 3.76. The van der Waals surface area contributed by atoms with Crippen molar-refractivity contribution in [3.8, 4) is 5.75 Å². The number of hydrogen-bond acceptors (Lipinski definition) is 4. The number of rotatable bonds is 4. The molecule has 0 spiro atoms. The van der Waals surface area contributed by atoms with Gasteiger partial charge in [-0.15, -0.1) is 12.4 Å². The summed E-state index contributed by atoms with van der Waals surface area (Å²) in [6.07, 6.45) is 6.53. The van der Waals surface area contributed by atoms with Crippen LogP contribution in [0.25, 0.3) is 0 Å². The number of ether oxygens (including phenoxy) is 1. The summed E-state index contributed by atoms with van der Waals surface area (Å²) in [7, 11) is 1.52. The minimum Gasteiger partial charge on any atom is -0.496 e. The zero-order valence-corrected chi connectivity index (χ0v) is 15.1. The number of carbonyl (C=O) groups is 1. The molecule has 4 nitrogen and oxygen atoms in total. The van der Waals surface area contributed by atoms with E-state index >= 15 is 0 Å². The number of carbonyl (C=O) groups excluding carboxylic acids is 1. The van der Waals surface area contributed by atoms with E-state index in [-0.39, 0.29) is 24.4 Å². The lowest BCUT2D eigenvalue weighted by molar-refractivity contribution is 0.0925. The Morgan fingerprint density at radius 1 is 1.45 bits per heavy atom. The number of benzene rings is 1. The Morgan fingerprint density at radius 2 is 2.18 bits per heavy atom. The highest BCUT2D eigenvalue weighted by Gasteiger charge is 2.24. The summed E-state index contributed by atoms with van der Waals surface area (Å²) in [4.78, 5) is 12.5. The van der Waals surface area contributed by atoms with Crippen LogP contribution in [0, 0.1) is 0 Å². The molecule has 1 amide bonds. The van der Waals surface area contributed by atoms with E-state index in [1.54, 1.807) is 12.1 Å². The van der Waals surface area contributed by atoms with Gasteiger partial charge in [-0.1, -0.05) is 18.0 Å². The molecule has 7 heteroatoms. The van der Waals surface area contributed by atoms with Crippen LogP contribution in [-0.4, -0.2) is 30.6 Å². The van der Waals surface area contributed by atoms with Gasteiger partial charge < -0.3 is 15.8 Å². The molecule has 0 aromatic heterocycles. The standard InChI is InChI=1S/C15H21ClN2O2S.ClH/c1-20-14-8-13(17)12(16)7-11(14)15(19)18-9-4-3-5-10(6-9)21-2;/h7-10H,3-6,17H2,1-2H3,(H,18,19);1H. The summed E-state index contributed by atoms with van der Waals surface area (Å²) in [5.74, 6) is 0.298. The van der Waals surface area contributed by atoms with Crippen molar-refractivity contribution in [1.82, 2.24) is 5.32 Å². The van der Waals surface area contributed by atoms with Crippen LogP contribution in [0.1, 0.15) is 36.0 Å². The van der Waals surface area contributed by atoms with Crippen LogP contribution in [-0.2, 0) is 0 Å². The Kier molecular flexibility index (Phi) is 7.66. The maximum atomic E-state index is 12.5. The summed E-state index contributed by atoms with van der Waals surface area (Å²) < 4.78 is 5.23. The molecule has 0 radical (unpaired) electrons. The number of nitrogens with two attached hydrogens (primary N) is 1. The SMILES string of the molecule is COc1cc(N)c(Cl)cc1C(=O)NC1CCCC(SC)C1.Cl. The number of halogens is 2. The van der Waals surface area contributed by atoms with Gasteiger partial charge in [-0.3, -0.25) is 4.79 Å². The van der Waals surface area contributed by atoms with Crippen molar-refractivity contribution in [2.24, 2.45) is 0 Å². The maximum absolute atomic E-state index is 12.5. The highest BCUT2D eigenvalue weighted by Crippen LogP contribution is 2.30. The molecule has 1 aliphatic carbocycles. The van der Waals surface area contributed by atoms with E-state index in [4.69, 9.17) is 22.1 Å². The van der Waals surface area contributed by atoms with Crippen LogP contribution in [0.2, 0.25) is 5.02 Å². The second-order valence-electron chi connectivity index (χ2n) is 5.27. The van der Waals surface area contributed by atoms with Gasteiger partial charge in [-0.05, 0) is 31.6 Å². The van der Waals surface area contributed by atoms with Gasteiger partial charge in [-0.25, -0.2) is 0 Å². The van der Waals surface area contributed by atoms with Crippen molar-refractivity contribution in [3.63, 3.8) is 0 Å². The van der Waals surface area contributed by atoms with Gasteiger partial charge in [-0.2, -0.15) is 11.8 Å². The Balaban J connectivity index is 0.00000242.